The number of carboxylic acid groups (broad SMARTS) is 1. The first kappa shape index (κ1) is 19.2. The standard InChI is InChI=1S/C20H15F3N2O3/c1-28-15-8-9-24-18(11-15)16-10-12(19(26)27)2-7-17(16)25-14-5-3-13(4-6-14)20(21,22)23/h2-11,25H,1H3,(H,26,27). The van der Waals surface area contributed by atoms with Gasteiger partial charge in [-0.25, -0.2) is 4.79 Å². The van der Waals surface area contributed by atoms with Crippen molar-refractivity contribution in [3.63, 3.8) is 0 Å². The summed E-state index contributed by atoms with van der Waals surface area (Å²) in [5.74, 6) is -0.573. The summed E-state index contributed by atoms with van der Waals surface area (Å²) in [6.07, 6.45) is -2.90. The average Bonchev–Trinajstić information content (AvgIpc) is 2.68. The van der Waals surface area contributed by atoms with Gasteiger partial charge in [0.15, 0.2) is 0 Å². The summed E-state index contributed by atoms with van der Waals surface area (Å²) in [6.45, 7) is 0. The molecule has 28 heavy (non-hydrogen) atoms. The molecule has 0 aliphatic heterocycles. The first-order chi connectivity index (χ1) is 13.3. The molecule has 2 N–H and O–H groups in total. The number of aromatic nitrogens is 1. The second-order valence-electron chi connectivity index (χ2n) is 5.85. The molecule has 0 unspecified atom stereocenters. The predicted octanol–water partition coefficient (Wildman–Crippen LogP) is 5.22. The Bertz CT molecular complexity index is 1000. The number of halogens is 3. The maximum Gasteiger partial charge on any atom is 0.416 e. The zero-order valence-electron chi connectivity index (χ0n) is 14.6. The van der Waals surface area contributed by atoms with Crippen LogP contribution in [0.3, 0.4) is 0 Å². The van der Waals surface area contributed by atoms with Crippen molar-refractivity contribution in [3.05, 3.63) is 71.9 Å². The van der Waals surface area contributed by atoms with Crippen molar-refractivity contribution in [2.75, 3.05) is 12.4 Å². The van der Waals surface area contributed by atoms with Gasteiger partial charge in [-0.15, -0.1) is 0 Å². The quantitative estimate of drug-likeness (QED) is 0.627. The van der Waals surface area contributed by atoms with E-state index in [1.165, 1.54) is 43.6 Å². The van der Waals surface area contributed by atoms with E-state index in [1.54, 1.807) is 12.1 Å². The van der Waals surface area contributed by atoms with Gasteiger partial charge in [-0.05, 0) is 48.5 Å². The number of anilines is 2. The Balaban J connectivity index is 2.01. The lowest BCUT2D eigenvalue weighted by Gasteiger charge is -2.14. The number of carboxylic acids is 1. The van der Waals surface area contributed by atoms with E-state index >= 15 is 0 Å². The van der Waals surface area contributed by atoms with Crippen LogP contribution in [0.25, 0.3) is 11.3 Å². The minimum Gasteiger partial charge on any atom is -0.497 e. The van der Waals surface area contributed by atoms with E-state index in [0.717, 1.165) is 12.1 Å². The third kappa shape index (κ3) is 4.22. The Kier molecular flexibility index (Phi) is 5.21. The van der Waals surface area contributed by atoms with Crippen molar-refractivity contribution in [1.82, 2.24) is 4.98 Å². The number of nitrogens with zero attached hydrogens (tertiary/aromatic N) is 1. The molecule has 5 nitrogen and oxygen atoms in total. The highest BCUT2D eigenvalue weighted by Gasteiger charge is 2.30. The monoisotopic (exact) mass is 388 g/mol. The Labute approximate surface area is 158 Å². The van der Waals surface area contributed by atoms with Crippen molar-refractivity contribution in [3.8, 4) is 17.0 Å². The summed E-state index contributed by atoms with van der Waals surface area (Å²) in [4.78, 5) is 15.6. The van der Waals surface area contributed by atoms with Crippen LogP contribution in [0.5, 0.6) is 5.75 Å². The number of pyridine rings is 1. The van der Waals surface area contributed by atoms with Gasteiger partial charge < -0.3 is 15.2 Å². The van der Waals surface area contributed by atoms with Gasteiger partial charge in [0.1, 0.15) is 5.75 Å². The summed E-state index contributed by atoms with van der Waals surface area (Å²) >= 11 is 0. The Morgan fingerprint density at radius 3 is 2.39 bits per heavy atom. The molecular formula is C20H15F3N2O3. The van der Waals surface area contributed by atoms with Crippen molar-refractivity contribution >= 4 is 17.3 Å². The number of aromatic carboxylic acids is 1. The Morgan fingerprint density at radius 1 is 1.07 bits per heavy atom. The van der Waals surface area contributed by atoms with E-state index in [0.29, 0.717) is 28.4 Å². The summed E-state index contributed by atoms with van der Waals surface area (Å²) in [6, 6.07) is 12.2. The van der Waals surface area contributed by atoms with Gasteiger partial charge in [0.05, 0.1) is 23.9 Å². The lowest BCUT2D eigenvalue weighted by Crippen LogP contribution is -2.04. The average molecular weight is 388 g/mol. The van der Waals surface area contributed by atoms with Crippen molar-refractivity contribution in [1.29, 1.82) is 0 Å². The van der Waals surface area contributed by atoms with Crippen molar-refractivity contribution in [2.45, 2.75) is 6.18 Å². The van der Waals surface area contributed by atoms with Crippen LogP contribution in [-0.2, 0) is 6.18 Å². The molecule has 0 spiro atoms. The molecule has 3 rings (SSSR count). The van der Waals surface area contributed by atoms with Crippen LogP contribution >= 0.6 is 0 Å². The number of benzene rings is 2. The topological polar surface area (TPSA) is 71.5 Å². The summed E-state index contributed by atoms with van der Waals surface area (Å²) < 4.78 is 43.4. The number of carbonyl (C=O) groups is 1. The first-order valence-corrected chi connectivity index (χ1v) is 8.10. The molecule has 1 aromatic heterocycles. The molecule has 3 aromatic rings. The first-order valence-electron chi connectivity index (χ1n) is 8.10. The van der Waals surface area contributed by atoms with Crippen LogP contribution in [0, 0.1) is 0 Å². The van der Waals surface area contributed by atoms with E-state index in [4.69, 9.17) is 4.74 Å². The highest BCUT2D eigenvalue weighted by Crippen LogP contribution is 2.34. The zero-order valence-corrected chi connectivity index (χ0v) is 14.6. The maximum absolute atomic E-state index is 12.7. The smallest absolute Gasteiger partial charge is 0.416 e. The van der Waals surface area contributed by atoms with Gasteiger partial charge in [0, 0.05) is 29.2 Å². The van der Waals surface area contributed by atoms with Gasteiger partial charge in [-0.2, -0.15) is 13.2 Å². The summed E-state index contributed by atoms with van der Waals surface area (Å²) in [5.41, 5.74) is 1.13. The zero-order chi connectivity index (χ0) is 20.3. The fourth-order valence-electron chi connectivity index (χ4n) is 2.58. The Morgan fingerprint density at radius 2 is 1.79 bits per heavy atom. The lowest BCUT2D eigenvalue weighted by atomic mass is 10.0. The van der Waals surface area contributed by atoms with Crippen molar-refractivity contribution in [2.24, 2.45) is 0 Å². The Hall–Kier alpha value is -3.55. The SMILES string of the molecule is COc1ccnc(-c2cc(C(=O)O)ccc2Nc2ccc(C(F)(F)F)cc2)c1. The molecule has 0 bridgehead atoms. The molecule has 8 heteroatoms. The molecular weight excluding hydrogens is 373 g/mol. The molecule has 0 aliphatic rings. The van der Waals surface area contributed by atoms with Gasteiger partial charge in [0.2, 0.25) is 0 Å². The molecule has 0 aliphatic carbocycles. The second-order valence-corrected chi connectivity index (χ2v) is 5.85. The number of hydrogen-bond donors (Lipinski definition) is 2. The van der Waals surface area contributed by atoms with Crippen LogP contribution in [0.4, 0.5) is 24.5 Å². The molecule has 2 aromatic carbocycles. The second kappa shape index (κ2) is 7.59. The van der Waals surface area contributed by atoms with Crippen LogP contribution in [0.15, 0.2) is 60.8 Å². The fraction of sp³-hybridized carbons (Fsp3) is 0.100. The number of methoxy groups -OCH3 is 1. The number of ether oxygens (including phenoxy) is 1. The molecule has 0 fully saturated rings. The van der Waals surface area contributed by atoms with Gasteiger partial charge in [-0.3, -0.25) is 4.98 Å². The van der Waals surface area contributed by atoms with Crippen LogP contribution in [0.1, 0.15) is 15.9 Å². The molecule has 0 saturated heterocycles. The third-order valence-electron chi connectivity index (χ3n) is 4.00. The fourth-order valence-corrected chi connectivity index (χ4v) is 2.58. The molecule has 0 radical (unpaired) electrons. The van der Waals surface area contributed by atoms with Crippen LogP contribution in [-0.4, -0.2) is 23.2 Å². The summed E-state index contributed by atoms with van der Waals surface area (Å²) in [5, 5.41) is 12.3. The molecule has 1 heterocycles. The van der Waals surface area contributed by atoms with E-state index < -0.39 is 17.7 Å². The van der Waals surface area contributed by atoms with E-state index in [9.17, 15) is 23.1 Å². The largest absolute Gasteiger partial charge is 0.497 e. The highest BCUT2D eigenvalue weighted by molar-refractivity contribution is 5.92. The third-order valence-corrected chi connectivity index (χ3v) is 4.00. The minimum absolute atomic E-state index is 0.0533. The highest BCUT2D eigenvalue weighted by atomic mass is 19.4. The number of nitrogens with one attached hydrogen (secondary N) is 1. The maximum atomic E-state index is 12.7. The normalized spacial score (nSPS) is 11.1. The van der Waals surface area contributed by atoms with Gasteiger partial charge in [0.25, 0.3) is 0 Å². The van der Waals surface area contributed by atoms with E-state index in [1.807, 2.05) is 0 Å². The van der Waals surface area contributed by atoms with Crippen LogP contribution in [0.2, 0.25) is 0 Å². The van der Waals surface area contributed by atoms with Gasteiger partial charge in [-0.1, -0.05) is 0 Å². The van der Waals surface area contributed by atoms with Crippen LogP contribution < -0.4 is 10.1 Å². The molecule has 144 valence electrons. The molecule has 0 atom stereocenters. The number of alkyl halides is 3. The van der Waals surface area contributed by atoms with Gasteiger partial charge >= 0.3 is 12.1 Å². The molecule has 0 amide bonds. The predicted molar refractivity (Wildman–Crippen MR) is 97.9 cm³/mol. The number of rotatable bonds is 5. The lowest BCUT2D eigenvalue weighted by molar-refractivity contribution is -0.137. The van der Waals surface area contributed by atoms with E-state index in [2.05, 4.69) is 10.3 Å². The van der Waals surface area contributed by atoms with E-state index in [-0.39, 0.29) is 5.56 Å². The summed E-state index contributed by atoms with van der Waals surface area (Å²) in [7, 11) is 1.49. The molecule has 0 saturated carbocycles. The number of hydrogen-bond acceptors (Lipinski definition) is 4. The van der Waals surface area contributed by atoms with Crippen molar-refractivity contribution < 1.29 is 27.8 Å². The minimum atomic E-state index is -4.42.